The van der Waals surface area contributed by atoms with E-state index in [0.717, 1.165) is 13.0 Å². The lowest BCUT2D eigenvalue weighted by Crippen LogP contribution is -2.47. The molecule has 1 fully saturated rings. The van der Waals surface area contributed by atoms with E-state index < -0.39 is 0 Å². The first-order valence-corrected chi connectivity index (χ1v) is 7.52. The molecule has 1 N–H and O–H groups in total. The first-order valence-electron chi connectivity index (χ1n) is 7.52. The molecule has 0 spiro atoms. The molecule has 0 unspecified atom stereocenters. The highest BCUT2D eigenvalue weighted by atomic mass is 15.1. The Morgan fingerprint density at radius 1 is 1.21 bits per heavy atom. The molecule has 1 aromatic carbocycles. The molecule has 106 valence electrons. The molecule has 1 aromatic rings. The largest absolute Gasteiger partial charge is 0.319 e. The third-order valence-electron chi connectivity index (χ3n) is 4.47. The van der Waals surface area contributed by atoms with Crippen molar-refractivity contribution in [3.63, 3.8) is 0 Å². The Kier molecular flexibility index (Phi) is 5.00. The highest BCUT2D eigenvalue weighted by Crippen LogP contribution is 2.40. The number of nitrogens with zero attached hydrogens (tertiary/aromatic N) is 1. The summed E-state index contributed by atoms with van der Waals surface area (Å²) in [6.07, 6.45) is 5.35. The van der Waals surface area contributed by atoms with Gasteiger partial charge in [0.05, 0.1) is 0 Å². The minimum absolute atomic E-state index is 0.552. The normalized spacial score (nSPS) is 17.5. The maximum atomic E-state index is 3.37. The molecule has 0 atom stereocenters. The van der Waals surface area contributed by atoms with Crippen molar-refractivity contribution in [2.75, 3.05) is 33.7 Å². The fourth-order valence-electron chi connectivity index (χ4n) is 3.17. The summed E-state index contributed by atoms with van der Waals surface area (Å²) in [4.78, 5) is 2.51. The molecule has 1 saturated carbocycles. The van der Waals surface area contributed by atoms with E-state index in [9.17, 15) is 0 Å². The Labute approximate surface area is 118 Å². The van der Waals surface area contributed by atoms with Crippen molar-refractivity contribution < 1.29 is 0 Å². The van der Waals surface area contributed by atoms with Crippen LogP contribution in [0.2, 0.25) is 0 Å². The number of hydrogen-bond donors (Lipinski definition) is 1. The predicted molar refractivity (Wildman–Crippen MR) is 82.6 cm³/mol. The SMILES string of the molecule is CNCC1(CN(C)CCc2ccc(C)cc2)CCC1. The highest BCUT2D eigenvalue weighted by Gasteiger charge is 2.36. The molecule has 1 aliphatic rings. The standard InChI is InChI=1S/C17H28N2/c1-15-5-7-16(8-6-15)9-12-19(3)14-17(13-18-2)10-4-11-17/h5-8,18H,4,9-14H2,1-3H3. The maximum Gasteiger partial charge on any atom is 0.00472 e. The van der Waals surface area contributed by atoms with Gasteiger partial charge in [0.1, 0.15) is 0 Å². The lowest BCUT2D eigenvalue weighted by molar-refractivity contribution is 0.0803. The van der Waals surface area contributed by atoms with Gasteiger partial charge in [0.25, 0.3) is 0 Å². The third kappa shape index (κ3) is 4.05. The fraction of sp³-hybridized carbons (Fsp3) is 0.647. The number of benzene rings is 1. The smallest absolute Gasteiger partial charge is 0.00472 e. The summed E-state index contributed by atoms with van der Waals surface area (Å²) in [5.74, 6) is 0. The summed E-state index contributed by atoms with van der Waals surface area (Å²) >= 11 is 0. The second-order valence-electron chi connectivity index (χ2n) is 6.36. The number of nitrogens with one attached hydrogen (secondary N) is 1. The summed E-state index contributed by atoms with van der Waals surface area (Å²) < 4.78 is 0. The van der Waals surface area contributed by atoms with Crippen LogP contribution in [0.25, 0.3) is 0 Å². The first kappa shape index (κ1) is 14.5. The molecule has 2 rings (SSSR count). The maximum absolute atomic E-state index is 3.37. The molecule has 0 saturated heterocycles. The van der Waals surface area contributed by atoms with Crippen molar-refractivity contribution in [2.45, 2.75) is 32.6 Å². The number of hydrogen-bond acceptors (Lipinski definition) is 2. The van der Waals surface area contributed by atoms with Gasteiger partial charge in [-0.15, -0.1) is 0 Å². The Hall–Kier alpha value is -0.860. The van der Waals surface area contributed by atoms with Gasteiger partial charge < -0.3 is 10.2 Å². The van der Waals surface area contributed by atoms with Gasteiger partial charge >= 0.3 is 0 Å². The van der Waals surface area contributed by atoms with Gasteiger partial charge in [-0.05, 0) is 51.3 Å². The van der Waals surface area contributed by atoms with E-state index in [1.807, 2.05) is 0 Å². The Morgan fingerprint density at radius 3 is 2.42 bits per heavy atom. The molecule has 19 heavy (non-hydrogen) atoms. The van der Waals surface area contributed by atoms with Crippen LogP contribution in [-0.2, 0) is 6.42 Å². The second kappa shape index (κ2) is 6.53. The van der Waals surface area contributed by atoms with Crippen molar-refractivity contribution in [1.29, 1.82) is 0 Å². The van der Waals surface area contributed by atoms with Gasteiger partial charge in [0.2, 0.25) is 0 Å². The topological polar surface area (TPSA) is 15.3 Å². The van der Waals surface area contributed by atoms with E-state index in [1.54, 1.807) is 0 Å². The van der Waals surface area contributed by atoms with Crippen LogP contribution < -0.4 is 5.32 Å². The molecule has 1 aliphatic carbocycles. The van der Waals surface area contributed by atoms with Crippen molar-refractivity contribution >= 4 is 0 Å². The quantitative estimate of drug-likeness (QED) is 0.811. The van der Waals surface area contributed by atoms with E-state index in [0.29, 0.717) is 5.41 Å². The van der Waals surface area contributed by atoms with Crippen molar-refractivity contribution in [3.8, 4) is 0 Å². The van der Waals surface area contributed by atoms with Crippen LogP contribution in [-0.4, -0.2) is 38.6 Å². The summed E-state index contributed by atoms with van der Waals surface area (Å²) in [5, 5.41) is 3.37. The van der Waals surface area contributed by atoms with Crippen LogP contribution >= 0.6 is 0 Å². The Bertz CT molecular complexity index is 379. The summed E-state index contributed by atoms with van der Waals surface area (Å²) in [6.45, 7) is 5.71. The molecule has 2 nitrogen and oxygen atoms in total. The molecule has 0 radical (unpaired) electrons. The monoisotopic (exact) mass is 260 g/mol. The van der Waals surface area contributed by atoms with Crippen LogP contribution in [0.4, 0.5) is 0 Å². The molecular formula is C17H28N2. The summed E-state index contributed by atoms with van der Waals surface area (Å²) in [7, 11) is 4.34. The van der Waals surface area contributed by atoms with Crippen LogP contribution in [0, 0.1) is 12.3 Å². The average molecular weight is 260 g/mol. The predicted octanol–water partition coefficient (Wildman–Crippen LogP) is 2.86. The van der Waals surface area contributed by atoms with E-state index in [-0.39, 0.29) is 0 Å². The van der Waals surface area contributed by atoms with E-state index in [2.05, 4.69) is 55.5 Å². The zero-order chi connectivity index (χ0) is 13.7. The number of likely N-dealkylation sites (N-methyl/N-ethyl adjacent to an activating group) is 1. The average Bonchev–Trinajstić information content (AvgIpc) is 2.36. The molecule has 0 heterocycles. The van der Waals surface area contributed by atoms with E-state index in [4.69, 9.17) is 0 Å². The minimum atomic E-state index is 0.552. The highest BCUT2D eigenvalue weighted by molar-refractivity contribution is 5.21. The number of aryl methyl sites for hydroxylation is 1. The van der Waals surface area contributed by atoms with Gasteiger partial charge in [-0.25, -0.2) is 0 Å². The van der Waals surface area contributed by atoms with Crippen molar-refractivity contribution in [3.05, 3.63) is 35.4 Å². The lowest BCUT2D eigenvalue weighted by atomic mass is 9.68. The fourth-order valence-corrected chi connectivity index (χ4v) is 3.17. The van der Waals surface area contributed by atoms with Gasteiger partial charge in [-0.3, -0.25) is 0 Å². The van der Waals surface area contributed by atoms with Gasteiger partial charge in [0, 0.05) is 19.6 Å². The van der Waals surface area contributed by atoms with Gasteiger partial charge in [-0.2, -0.15) is 0 Å². The lowest BCUT2D eigenvalue weighted by Gasteiger charge is -2.44. The molecule has 0 bridgehead atoms. The summed E-state index contributed by atoms with van der Waals surface area (Å²) in [6, 6.07) is 8.94. The number of rotatable bonds is 7. The zero-order valence-electron chi connectivity index (χ0n) is 12.7. The van der Waals surface area contributed by atoms with E-state index in [1.165, 1.54) is 43.5 Å². The van der Waals surface area contributed by atoms with Gasteiger partial charge in [-0.1, -0.05) is 36.2 Å². The molecule has 0 amide bonds. The van der Waals surface area contributed by atoms with Crippen molar-refractivity contribution in [2.24, 2.45) is 5.41 Å². The molecule has 2 heteroatoms. The zero-order valence-corrected chi connectivity index (χ0v) is 12.7. The van der Waals surface area contributed by atoms with Crippen LogP contribution in [0.3, 0.4) is 0 Å². The van der Waals surface area contributed by atoms with E-state index >= 15 is 0 Å². The van der Waals surface area contributed by atoms with Crippen LogP contribution in [0.1, 0.15) is 30.4 Å². The van der Waals surface area contributed by atoms with Crippen molar-refractivity contribution in [1.82, 2.24) is 10.2 Å². The van der Waals surface area contributed by atoms with Crippen LogP contribution in [0.15, 0.2) is 24.3 Å². The molecular weight excluding hydrogens is 232 g/mol. The Balaban J connectivity index is 1.77. The second-order valence-corrected chi connectivity index (χ2v) is 6.36. The minimum Gasteiger partial charge on any atom is -0.319 e. The Morgan fingerprint density at radius 2 is 1.89 bits per heavy atom. The molecule has 0 aliphatic heterocycles. The van der Waals surface area contributed by atoms with Crippen LogP contribution in [0.5, 0.6) is 0 Å². The third-order valence-corrected chi connectivity index (χ3v) is 4.47. The first-order chi connectivity index (χ1) is 9.13. The molecule has 0 aromatic heterocycles. The summed E-state index contributed by atoms with van der Waals surface area (Å²) in [5.41, 5.74) is 3.35. The van der Waals surface area contributed by atoms with Gasteiger partial charge in [0.15, 0.2) is 0 Å².